The number of halogens is 1. The number of nitrogens with one attached hydrogen (secondary N) is 3. The van der Waals surface area contributed by atoms with Crippen LogP contribution in [0.15, 0.2) is 52.1 Å². The van der Waals surface area contributed by atoms with Crippen LogP contribution in [0.4, 0.5) is 0 Å². The Morgan fingerprint density at radius 1 is 1.04 bits per heavy atom. The van der Waals surface area contributed by atoms with Gasteiger partial charge in [0.25, 0.3) is 0 Å². The van der Waals surface area contributed by atoms with E-state index in [0.29, 0.717) is 19.0 Å². The fourth-order valence-electron chi connectivity index (χ4n) is 2.39. The molecule has 1 aromatic heterocycles. The van der Waals surface area contributed by atoms with Crippen LogP contribution in [0.1, 0.15) is 30.7 Å². The lowest BCUT2D eigenvalue weighted by Crippen LogP contribution is -2.43. The number of aliphatic imine (C=N–C) groups is 1. The van der Waals surface area contributed by atoms with Crippen LogP contribution >= 0.6 is 24.0 Å². The first-order valence-electron chi connectivity index (χ1n) is 8.61. The van der Waals surface area contributed by atoms with Crippen molar-refractivity contribution in [3.63, 3.8) is 0 Å². The maximum atomic E-state index is 11.9. The van der Waals surface area contributed by atoms with E-state index in [9.17, 15) is 4.79 Å². The summed E-state index contributed by atoms with van der Waals surface area (Å²) in [4.78, 5) is 16.5. The van der Waals surface area contributed by atoms with Crippen molar-refractivity contribution >= 4 is 35.8 Å². The van der Waals surface area contributed by atoms with Gasteiger partial charge in [0.05, 0.1) is 25.9 Å². The summed E-state index contributed by atoms with van der Waals surface area (Å²) in [5.41, 5.74) is 2.49. The molecule has 0 aliphatic carbocycles. The molecule has 0 fully saturated rings. The molecule has 0 radical (unpaired) electrons. The highest BCUT2D eigenvalue weighted by Gasteiger charge is 2.05. The lowest BCUT2D eigenvalue weighted by molar-refractivity contribution is -0.120. The molecule has 0 spiro atoms. The summed E-state index contributed by atoms with van der Waals surface area (Å²) in [6.07, 6.45) is 2.56. The Balaban J connectivity index is 0.00000338. The van der Waals surface area contributed by atoms with Gasteiger partial charge >= 0.3 is 0 Å². The lowest BCUT2D eigenvalue weighted by Gasteiger charge is -2.12. The molecule has 0 aliphatic heterocycles. The molecular weight excluding hydrogens is 443 g/mol. The monoisotopic (exact) mass is 470 g/mol. The smallest absolute Gasteiger partial charge is 0.239 e. The van der Waals surface area contributed by atoms with Crippen molar-refractivity contribution in [2.45, 2.75) is 33.4 Å². The third-order valence-electron chi connectivity index (χ3n) is 3.71. The van der Waals surface area contributed by atoms with Gasteiger partial charge in [-0.1, -0.05) is 31.2 Å². The maximum Gasteiger partial charge on any atom is 0.239 e. The van der Waals surface area contributed by atoms with E-state index < -0.39 is 0 Å². The Labute approximate surface area is 171 Å². The third-order valence-corrected chi connectivity index (χ3v) is 3.71. The number of rotatable bonds is 8. The van der Waals surface area contributed by atoms with Crippen molar-refractivity contribution in [2.24, 2.45) is 4.99 Å². The Hall–Kier alpha value is -2.03. The average Bonchev–Trinajstić information content (AvgIpc) is 3.16. The van der Waals surface area contributed by atoms with E-state index in [4.69, 9.17) is 4.42 Å². The van der Waals surface area contributed by atoms with Gasteiger partial charge in [-0.3, -0.25) is 4.79 Å². The van der Waals surface area contributed by atoms with Crippen molar-refractivity contribution in [3.8, 4) is 0 Å². The van der Waals surface area contributed by atoms with E-state index in [-0.39, 0.29) is 36.4 Å². The molecule has 3 N–H and O–H groups in total. The molecule has 1 heterocycles. The SMILES string of the molecule is CCNC(=NCc1ccccc1CC)NCC(=O)NCc1ccco1.I. The number of benzene rings is 1. The molecule has 1 aromatic carbocycles. The zero-order valence-corrected chi connectivity index (χ0v) is 17.6. The van der Waals surface area contributed by atoms with Crippen molar-refractivity contribution in [1.29, 1.82) is 0 Å². The Kier molecular flexibility index (Phi) is 10.5. The lowest BCUT2D eigenvalue weighted by atomic mass is 10.1. The zero-order chi connectivity index (χ0) is 17.9. The number of nitrogens with zero attached hydrogens (tertiary/aromatic N) is 1. The summed E-state index contributed by atoms with van der Waals surface area (Å²) >= 11 is 0. The first-order valence-corrected chi connectivity index (χ1v) is 8.61. The fraction of sp³-hybridized carbons (Fsp3) is 0.368. The molecule has 0 saturated heterocycles. The molecule has 2 rings (SSSR count). The summed E-state index contributed by atoms with van der Waals surface area (Å²) in [6.45, 7) is 5.97. The van der Waals surface area contributed by atoms with Crippen molar-refractivity contribution < 1.29 is 9.21 Å². The zero-order valence-electron chi connectivity index (χ0n) is 15.2. The Morgan fingerprint density at radius 2 is 1.81 bits per heavy atom. The molecular formula is C19H27IN4O2. The van der Waals surface area contributed by atoms with Gasteiger partial charge in [0.1, 0.15) is 5.76 Å². The van der Waals surface area contributed by atoms with Crippen LogP contribution in [-0.4, -0.2) is 25.0 Å². The number of aryl methyl sites for hydroxylation is 1. The van der Waals surface area contributed by atoms with Gasteiger partial charge in [0.2, 0.25) is 5.91 Å². The van der Waals surface area contributed by atoms with E-state index in [1.54, 1.807) is 12.3 Å². The summed E-state index contributed by atoms with van der Waals surface area (Å²) in [5.74, 6) is 1.24. The molecule has 0 saturated carbocycles. The number of guanidine groups is 1. The van der Waals surface area contributed by atoms with Gasteiger partial charge < -0.3 is 20.4 Å². The molecule has 0 unspecified atom stereocenters. The third kappa shape index (κ3) is 7.47. The second-order valence-corrected chi connectivity index (χ2v) is 5.53. The van der Waals surface area contributed by atoms with Crippen LogP contribution in [0.25, 0.3) is 0 Å². The van der Waals surface area contributed by atoms with Gasteiger partial charge in [0.15, 0.2) is 5.96 Å². The topological polar surface area (TPSA) is 78.7 Å². The minimum absolute atomic E-state index is 0. The highest BCUT2D eigenvalue weighted by Crippen LogP contribution is 2.10. The Morgan fingerprint density at radius 3 is 2.46 bits per heavy atom. The number of furan rings is 1. The largest absolute Gasteiger partial charge is 0.467 e. The summed E-state index contributed by atoms with van der Waals surface area (Å²) in [7, 11) is 0. The van der Waals surface area contributed by atoms with E-state index in [0.717, 1.165) is 18.7 Å². The van der Waals surface area contributed by atoms with Crippen molar-refractivity contribution in [3.05, 3.63) is 59.5 Å². The molecule has 0 aliphatic rings. The van der Waals surface area contributed by atoms with Gasteiger partial charge in [-0.05, 0) is 36.6 Å². The fourth-order valence-corrected chi connectivity index (χ4v) is 2.39. The number of amides is 1. The van der Waals surface area contributed by atoms with Crippen LogP contribution < -0.4 is 16.0 Å². The minimum Gasteiger partial charge on any atom is -0.467 e. The normalized spacial score (nSPS) is 10.8. The van der Waals surface area contributed by atoms with Crippen LogP contribution in [0, 0.1) is 0 Å². The van der Waals surface area contributed by atoms with E-state index in [2.05, 4.69) is 40.0 Å². The summed E-state index contributed by atoms with van der Waals surface area (Å²) in [6, 6.07) is 11.9. The molecule has 6 nitrogen and oxygen atoms in total. The predicted octanol–water partition coefficient (Wildman–Crippen LogP) is 2.83. The van der Waals surface area contributed by atoms with Gasteiger partial charge in [-0.2, -0.15) is 0 Å². The molecule has 0 atom stereocenters. The number of carbonyl (C=O) groups excluding carboxylic acids is 1. The molecule has 142 valence electrons. The highest BCUT2D eigenvalue weighted by molar-refractivity contribution is 14.0. The number of hydrogen-bond donors (Lipinski definition) is 3. The van der Waals surface area contributed by atoms with E-state index in [1.807, 2.05) is 25.1 Å². The van der Waals surface area contributed by atoms with Crippen LogP contribution in [0.2, 0.25) is 0 Å². The minimum atomic E-state index is -0.115. The molecule has 1 amide bonds. The van der Waals surface area contributed by atoms with Crippen molar-refractivity contribution in [1.82, 2.24) is 16.0 Å². The van der Waals surface area contributed by atoms with E-state index >= 15 is 0 Å². The first kappa shape index (κ1) is 22.0. The average molecular weight is 470 g/mol. The Bertz CT molecular complexity index is 687. The van der Waals surface area contributed by atoms with Crippen molar-refractivity contribution in [2.75, 3.05) is 13.1 Å². The van der Waals surface area contributed by atoms with Gasteiger partial charge in [-0.25, -0.2) is 4.99 Å². The molecule has 0 bridgehead atoms. The number of hydrogen-bond acceptors (Lipinski definition) is 3. The summed E-state index contributed by atoms with van der Waals surface area (Å²) < 4.78 is 5.19. The van der Waals surface area contributed by atoms with Gasteiger partial charge in [-0.15, -0.1) is 24.0 Å². The van der Waals surface area contributed by atoms with E-state index in [1.165, 1.54) is 11.1 Å². The van der Waals surface area contributed by atoms with Crippen LogP contribution in [-0.2, 0) is 24.3 Å². The van der Waals surface area contributed by atoms with Gasteiger partial charge in [0, 0.05) is 6.54 Å². The highest BCUT2D eigenvalue weighted by atomic mass is 127. The quantitative estimate of drug-likeness (QED) is 0.315. The molecule has 2 aromatic rings. The van der Waals surface area contributed by atoms with Crippen LogP contribution in [0.5, 0.6) is 0 Å². The second-order valence-electron chi connectivity index (χ2n) is 5.53. The predicted molar refractivity (Wildman–Crippen MR) is 115 cm³/mol. The maximum absolute atomic E-state index is 11.9. The number of carbonyl (C=O) groups is 1. The first-order chi connectivity index (χ1) is 12.2. The van der Waals surface area contributed by atoms with Crippen LogP contribution in [0.3, 0.4) is 0 Å². The summed E-state index contributed by atoms with van der Waals surface area (Å²) in [5, 5.41) is 9.01. The molecule has 26 heavy (non-hydrogen) atoms. The molecule has 7 heteroatoms. The second kappa shape index (κ2) is 12.3. The standard InChI is InChI=1S/C19H26N4O2.HI/c1-3-15-8-5-6-9-16(15)12-22-19(20-4-2)23-14-18(24)21-13-17-10-7-11-25-17;/h5-11H,3-4,12-14H2,1-2H3,(H,21,24)(H2,20,22,23);1H.